The van der Waals surface area contributed by atoms with Gasteiger partial charge in [-0.15, -0.1) is 0 Å². The second kappa shape index (κ2) is 4.71. The molecule has 0 spiro atoms. The lowest BCUT2D eigenvalue weighted by Crippen LogP contribution is -2.24. The molecule has 2 N–H and O–H groups in total. The van der Waals surface area contributed by atoms with Crippen LogP contribution in [0.3, 0.4) is 0 Å². The molecule has 2 nitrogen and oxygen atoms in total. The van der Waals surface area contributed by atoms with E-state index in [4.69, 9.17) is 17.3 Å². The highest BCUT2D eigenvalue weighted by atomic mass is 35.5. The van der Waals surface area contributed by atoms with Crippen LogP contribution in [0.15, 0.2) is 29.8 Å². The Morgan fingerprint density at radius 2 is 1.75 bits per heavy atom. The maximum Gasteiger partial charge on any atom is 0.245 e. The number of rotatable bonds is 2. The third-order valence-corrected chi connectivity index (χ3v) is 2.51. The van der Waals surface area contributed by atoms with Gasteiger partial charge >= 0.3 is 0 Å². The lowest BCUT2D eigenvalue weighted by Gasteiger charge is -2.20. The molecule has 3 heteroatoms. The molecule has 0 heterocycles. The number of hydrogen-bond donors (Lipinski definition) is 1. The van der Waals surface area contributed by atoms with Gasteiger partial charge in [0.1, 0.15) is 0 Å². The zero-order chi connectivity index (χ0) is 12.3. The van der Waals surface area contributed by atoms with Crippen molar-refractivity contribution in [1.29, 1.82) is 0 Å². The second-order valence-corrected chi connectivity index (χ2v) is 5.16. The average Bonchev–Trinajstić information content (AvgIpc) is 2.14. The van der Waals surface area contributed by atoms with Crippen LogP contribution in [-0.4, -0.2) is 5.91 Å². The Kier molecular flexibility index (Phi) is 3.76. The van der Waals surface area contributed by atoms with E-state index in [0.29, 0.717) is 10.6 Å². The molecule has 86 valence electrons. The molecular formula is C13H16ClNO. The number of nitrogens with two attached hydrogens (primary N) is 1. The van der Waals surface area contributed by atoms with Gasteiger partial charge in [0, 0.05) is 10.6 Å². The topological polar surface area (TPSA) is 43.1 Å². The van der Waals surface area contributed by atoms with Crippen LogP contribution in [-0.2, 0) is 4.79 Å². The van der Waals surface area contributed by atoms with Crippen molar-refractivity contribution in [3.05, 3.63) is 40.4 Å². The zero-order valence-electron chi connectivity index (χ0n) is 9.75. The molecule has 0 aliphatic heterocycles. The third-order valence-electron chi connectivity index (χ3n) is 2.25. The summed E-state index contributed by atoms with van der Waals surface area (Å²) in [7, 11) is 0. The van der Waals surface area contributed by atoms with Crippen LogP contribution in [0.5, 0.6) is 0 Å². The highest BCUT2D eigenvalue weighted by Gasteiger charge is 2.21. The second-order valence-electron chi connectivity index (χ2n) is 4.72. The van der Waals surface area contributed by atoms with E-state index in [1.54, 1.807) is 18.2 Å². The van der Waals surface area contributed by atoms with Crippen molar-refractivity contribution in [3.8, 4) is 0 Å². The first-order valence-corrected chi connectivity index (χ1v) is 5.46. The van der Waals surface area contributed by atoms with Gasteiger partial charge in [-0.1, -0.05) is 44.5 Å². The molecule has 0 aliphatic carbocycles. The lowest BCUT2D eigenvalue weighted by atomic mass is 9.85. The monoisotopic (exact) mass is 237 g/mol. The van der Waals surface area contributed by atoms with Gasteiger partial charge in [0.25, 0.3) is 0 Å². The predicted molar refractivity (Wildman–Crippen MR) is 68.1 cm³/mol. The summed E-state index contributed by atoms with van der Waals surface area (Å²) in [5, 5.41) is 0.675. The fourth-order valence-corrected chi connectivity index (χ4v) is 1.51. The molecule has 0 fully saturated rings. The molecule has 0 saturated heterocycles. The van der Waals surface area contributed by atoms with Crippen LogP contribution < -0.4 is 5.73 Å². The van der Waals surface area contributed by atoms with E-state index in [1.807, 2.05) is 32.9 Å². The van der Waals surface area contributed by atoms with E-state index in [-0.39, 0.29) is 11.3 Å². The Balaban J connectivity index is 3.13. The maximum atomic E-state index is 11.3. The molecule has 1 aromatic carbocycles. The molecule has 1 aromatic rings. The maximum absolute atomic E-state index is 11.3. The fraction of sp³-hybridized carbons (Fsp3) is 0.308. The summed E-state index contributed by atoms with van der Waals surface area (Å²) in [4.78, 5) is 11.3. The Morgan fingerprint density at radius 1 is 1.25 bits per heavy atom. The van der Waals surface area contributed by atoms with Gasteiger partial charge < -0.3 is 5.73 Å². The Hall–Kier alpha value is -1.28. The summed E-state index contributed by atoms with van der Waals surface area (Å²) in [6.07, 6.45) is 1.80. The first-order valence-electron chi connectivity index (χ1n) is 5.08. The molecule has 1 rings (SSSR count). The minimum absolute atomic E-state index is 0.258. The first-order chi connectivity index (χ1) is 7.30. The molecule has 0 bridgehead atoms. The molecule has 0 saturated carbocycles. The van der Waals surface area contributed by atoms with Crippen molar-refractivity contribution in [2.24, 2.45) is 11.1 Å². The number of hydrogen-bond acceptors (Lipinski definition) is 1. The van der Waals surface area contributed by atoms with Crippen molar-refractivity contribution in [3.63, 3.8) is 0 Å². The van der Waals surface area contributed by atoms with E-state index in [9.17, 15) is 4.79 Å². The molecule has 0 radical (unpaired) electrons. The minimum atomic E-state index is -0.387. The predicted octanol–water partition coefficient (Wildman–Crippen LogP) is 3.25. The van der Waals surface area contributed by atoms with Crippen LogP contribution in [0, 0.1) is 5.41 Å². The third kappa shape index (κ3) is 3.38. The van der Waals surface area contributed by atoms with E-state index < -0.39 is 0 Å². The van der Waals surface area contributed by atoms with Crippen molar-refractivity contribution in [2.45, 2.75) is 20.8 Å². The van der Waals surface area contributed by atoms with Crippen LogP contribution in [0.2, 0.25) is 5.02 Å². The van der Waals surface area contributed by atoms with E-state index in [2.05, 4.69) is 0 Å². The number of carbonyl (C=O) groups excluding carboxylic acids is 1. The Labute approximate surface area is 101 Å². The number of benzene rings is 1. The summed E-state index contributed by atoms with van der Waals surface area (Å²) < 4.78 is 0. The molecule has 0 unspecified atom stereocenters. The van der Waals surface area contributed by atoms with Crippen LogP contribution in [0.4, 0.5) is 0 Å². The fourth-order valence-electron chi connectivity index (χ4n) is 1.38. The molecular weight excluding hydrogens is 222 g/mol. The SMILES string of the molecule is CC(C)(C)/C(=C\c1ccc(Cl)cc1)C(N)=O. The molecule has 16 heavy (non-hydrogen) atoms. The van der Waals surface area contributed by atoms with Gasteiger partial charge in [-0.2, -0.15) is 0 Å². The Morgan fingerprint density at radius 3 is 2.12 bits per heavy atom. The average molecular weight is 238 g/mol. The van der Waals surface area contributed by atoms with Gasteiger partial charge in [0.05, 0.1) is 0 Å². The normalized spacial score (nSPS) is 12.6. The smallest absolute Gasteiger partial charge is 0.245 e. The number of primary amides is 1. The lowest BCUT2D eigenvalue weighted by molar-refractivity contribution is -0.115. The summed E-state index contributed by atoms with van der Waals surface area (Å²) in [5.41, 5.74) is 6.64. The van der Waals surface area contributed by atoms with Gasteiger partial charge in [-0.3, -0.25) is 4.79 Å². The van der Waals surface area contributed by atoms with Crippen molar-refractivity contribution >= 4 is 23.6 Å². The zero-order valence-corrected chi connectivity index (χ0v) is 10.5. The van der Waals surface area contributed by atoms with E-state index in [0.717, 1.165) is 5.56 Å². The number of halogens is 1. The molecule has 1 amide bonds. The summed E-state index contributed by atoms with van der Waals surface area (Å²) in [6, 6.07) is 7.29. The summed E-state index contributed by atoms with van der Waals surface area (Å²) >= 11 is 5.79. The van der Waals surface area contributed by atoms with Crippen molar-refractivity contribution in [2.75, 3.05) is 0 Å². The quantitative estimate of drug-likeness (QED) is 0.789. The van der Waals surface area contributed by atoms with E-state index >= 15 is 0 Å². The molecule has 0 aromatic heterocycles. The summed E-state index contributed by atoms with van der Waals surface area (Å²) in [6.45, 7) is 5.87. The minimum Gasteiger partial charge on any atom is -0.366 e. The first kappa shape index (κ1) is 12.8. The van der Waals surface area contributed by atoms with Crippen molar-refractivity contribution < 1.29 is 4.79 Å². The van der Waals surface area contributed by atoms with Crippen LogP contribution >= 0.6 is 11.6 Å². The van der Waals surface area contributed by atoms with E-state index in [1.165, 1.54) is 0 Å². The molecule has 0 aliphatic rings. The standard InChI is InChI=1S/C13H16ClNO/c1-13(2,3)11(12(15)16)8-9-4-6-10(14)7-5-9/h4-8H,1-3H3,(H2,15,16)/b11-8-. The van der Waals surface area contributed by atoms with Gasteiger partial charge in [0.15, 0.2) is 0 Å². The van der Waals surface area contributed by atoms with Crippen LogP contribution in [0.1, 0.15) is 26.3 Å². The Bertz CT molecular complexity index is 413. The number of amides is 1. The number of carbonyl (C=O) groups is 1. The highest BCUT2D eigenvalue weighted by molar-refractivity contribution is 6.30. The largest absolute Gasteiger partial charge is 0.366 e. The highest BCUT2D eigenvalue weighted by Crippen LogP contribution is 2.27. The van der Waals surface area contributed by atoms with Crippen molar-refractivity contribution in [1.82, 2.24) is 0 Å². The van der Waals surface area contributed by atoms with Gasteiger partial charge in [0.2, 0.25) is 5.91 Å². The summed E-state index contributed by atoms with van der Waals surface area (Å²) in [5.74, 6) is -0.387. The molecule has 0 atom stereocenters. The van der Waals surface area contributed by atoms with Crippen LogP contribution in [0.25, 0.3) is 6.08 Å². The van der Waals surface area contributed by atoms with Gasteiger partial charge in [-0.25, -0.2) is 0 Å². The van der Waals surface area contributed by atoms with Gasteiger partial charge in [-0.05, 0) is 29.2 Å².